The number of amidine groups is 1. The highest BCUT2D eigenvalue weighted by atomic mass is 32.2. The number of nitrogens with zero attached hydrogens (tertiary/aromatic N) is 2. The van der Waals surface area contributed by atoms with Crippen LogP contribution in [0.15, 0.2) is 10.2 Å². The van der Waals surface area contributed by atoms with Crippen LogP contribution in [0.4, 0.5) is 13.2 Å². The lowest BCUT2D eigenvalue weighted by Gasteiger charge is -2.44. The lowest BCUT2D eigenvalue weighted by molar-refractivity contribution is -0.310. The van der Waals surface area contributed by atoms with Gasteiger partial charge in [0.15, 0.2) is 10.8 Å². The van der Waals surface area contributed by atoms with E-state index in [2.05, 4.69) is 10.2 Å². The Labute approximate surface area is 115 Å². The molecule has 2 rings (SSSR count). The fraction of sp³-hybridized carbons (Fsp3) is 0.889. The lowest BCUT2D eigenvalue weighted by atomic mass is 9.86. The van der Waals surface area contributed by atoms with E-state index in [1.807, 2.05) is 0 Å². The third-order valence-corrected chi connectivity index (χ3v) is 4.30. The van der Waals surface area contributed by atoms with Gasteiger partial charge in [0, 0.05) is 0 Å². The second kappa shape index (κ2) is 4.83. The Balaban J connectivity index is 2.32. The quantitative estimate of drug-likeness (QED) is 0.615. The molecule has 0 radical (unpaired) electrons. The lowest BCUT2D eigenvalue weighted by Crippen LogP contribution is -2.65. The van der Waals surface area contributed by atoms with Crippen molar-refractivity contribution in [2.24, 2.45) is 15.9 Å². The number of nitrogens with two attached hydrogens (primary N) is 1. The Kier molecular flexibility index (Phi) is 3.73. The van der Waals surface area contributed by atoms with E-state index in [0.717, 1.165) is 11.8 Å². The highest BCUT2D eigenvalue weighted by Crippen LogP contribution is 2.43. The summed E-state index contributed by atoms with van der Waals surface area (Å²) in [6.45, 7) is 0.465. The number of nitroso groups, excluding NO2 is 1. The molecule has 1 saturated heterocycles. The molecule has 2 heterocycles. The second-order valence-corrected chi connectivity index (χ2v) is 5.85. The van der Waals surface area contributed by atoms with Crippen molar-refractivity contribution >= 4 is 16.9 Å². The van der Waals surface area contributed by atoms with Gasteiger partial charge in [0.2, 0.25) is 0 Å². The number of aliphatic imine (C=N–C) groups is 1. The van der Waals surface area contributed by atoms with E-state index in [0.29, 0.717) is 6.92 Å². The van der Waals surface area contributed by atoms with E-state index in [1.165, 1.54) is 0 Å². The van der Waals surface area contributed by atoms with Crippen molar-refractivity contribution in [3.63, 3.8) is 0 Å². The van der Waals surface area contributed by atoms with Crippen molar-refractivity contribution in [1.82, 2.24) is 0 Å². The normalized spacial score (nSPS) is 40.7. The van der Waals surface area contributed by atoms with Gasteiger partial charge in [-0.2, -0.15) is 18.1 Å². The molecule has 2 aliphatic rings. The molecule has 0 spiro atoms. The summed E-state index contributed by atoms with van der Waals surface area (Å²) in [5, 5.41) is 22.1. The van der Waals surface area contributed by atoms with E-state index in [9.17, 15) is 28.3 Å². The Morgan fingerprint density at radius 1 is 1.50 bits per heavy atom. The Bertz CT molecular complexity index is 445. The van der Waals surface area contributed by atoms with Crippen LogP contribution in [0.1, 0.15) is 6.92 Å². The maximum Gasteiger partial charge on any atom is 0.419 e. The van der Waals surface area contributed by atoms with Crippen LogP contribution in [-0.4, -0.2) is 56.9 Å². The van der Waals surface area contributed by atoms with Crippen LogP contribution in [0.25, 0.3) is 0 Å². The van der Waals surface area contributed by atoms with E-state index in [1.54, 1.807) is 0 Å². The number of ether oxygens (including phenoxy) is 1. The van der Waals surface area contributed by atoms with Crippen molar-refractivity contribution in [2.45, 2.75) is 48.4 Å². The van der Waals surface area contributed by atoms with Crippen LogP contribution in [-0.2, 0) is 4.74 Å². The number of rotatable bonds is 2. The van der Waals surface area contributed by atoms with Crippen LogP contribution < -0.4 is 5.73 Å². The molecule has 0 saturated carbocycles. The van der Waals surface area contributed by atoms with Crippen molar-refractivity contribution < 1.29 is 28.1 Å². The van der Waals surface area contributed by atoms with Crippen LogP contribution in [0.3, 0.4) is 0 Å². The molecule has 0 amide bonds. The van der Waals surface area contributed by atoms with Gasteiger partial charge in [0.25, 0.3) is 0 Å². The molecule has 0 aliphatic carbocycles. The van der Waals surface area contributed by atoms with E-state index >= 15 is 0 Å². The molecule has 6 atom stereocenters. The van der Waals surface area contributed by atoms with Crippen LogP contribution in [0.2, 0.25) is 0 Å². The number of hydrogen-bond donors (Lipinski definition) is 3. The molecule has 114 valence electrons. The molecule has 11 heteroatoms. The number of halogens is 3. The zero-order chi connectivity index (χ0) is 15.3. The first-order valence-electron chi connectivity index (χ1n) is 5.54. The van der Waals surface area contributed by atoms with Crippen molar-refractivity contribution in [1.29, 1.82) is 0 Å². The fourth-order valence-electron chi connectivity index (χ4n) is 2.13. The Morgan fingerprint density at radius 3 is 2.60 bits per heavy atom. The van der Waals surface area contributed by atoms with Gasteiger partial charge in [0.1, 0.15) is 29.7 Å². The molecular weight excluding hydrogens is 303 g/mol. The summed E-state index contributed by atoms with van der Waals surface area (Å²) in [6.07, 6.45) is -9.05. The van der Waals surface area contributed by atoms with Gasteiger partial charge in [-0.05, 0) is 6.92 Å². The summed E-state index contributed by atoms with van der Waals surface area (Å²) in [5.74, 6) is 0. The van der Waals surface area contributed by atoms with Crippen molar-refractivity contribution in [3.8, 4) is 0 Å². The fourth-order valence-corrected chi connectivity index (χ4v) is 3.09. The van der Waals surface area contributed by atoms with Gasteiger partial charge in [-0.15, -0.1) is 0 Å². The highest BCUT2D eigenvalue weighted by molar-refractivity contribution is 8.14. The van der Waals surface area contributed by atoms with Crippen molar-refractivity contribution in [2.75, 3.05) is 0 Å². The van der Waals surface area contributed by atoms with Gasteiger partial charge >= 0.3 is 6.18 Å². The molecule has 1 unspecified atom stereocenters. The molecule has 0 aromatic carbocycles. The van der Waals surface area contributed by atoms with Crippen LogP contribution in [0, 0.1) is 4.91 Å². The number of aliphatic hydroxyl groups is 2. The summed E-state index contributed by atoms with van der Waals surface area (Å²) in [4.78, 5) is 14.6. The number of alkyl halides is 3. The molecule has 0 aromatic heterocycles. The number of hydrogen-bond acceptors (Lipinski definition) is 8. The zero-order valence-corrected chi connectivity index (χ0v) is 10.9. The maximum atomic E-state index is 12.8. The SMILES string of the molecule is C[C@@](O)(C1O[C@@H]2SC(N)=N[C@@H]2[C@@H](N=O)[C@@H]1O)C(F)(F)F. The molecule has 1 fully saturated rings. The minimum Gasteiger partial charge on any atom is -0.388 e. The first-order valence-corrected chi connectivity index (χ1v) is 6.42. The molecule has 4 N–H and O–H groups in total. The van der Waals surface area contributed by atoms with Crippen molar-refractivity contribution in [3.05, 3.63) is 4.91 Å². The average Bonchev–Trinajstić information content (AvgIpc) is 2.66. The molecule has 0 aromatic rings. The predicted molar refractivity (Wildman–Crippen MR) is 63.9 cm³/mol. The summed E-state index contributed by atoms with van der Waals surface area (Å²) in [7, 11) is 0. The Hall–Kier alpha value is -0.910. The number of fused-ring (bicyclic) bond motifs is 1. The molecule has 7 nitrogen and oxygen atoms in total. The smallest absolute Gasteiger partial charge is 0.388 e. The van der Waals surface area contributed by atoms with Gasteiger partial charge in [-0.1, -0.05) is 16.9 Å². The van der Waals surface area contributed by atoms with Gasteiger partial charge < -0.3 is 20.7 Å². The second-order valence-electron chi connectivity index (χ2n) is 4.73. The average molecular weight is 315 g/mol. The first kappa shape index (κ1) is 15.5. The van der Waals surface area contributed by atoms with Gasteiger partial charge in [-0.25, -0.2) is 0 Å². The maximum absolute atomic E-state index is 12.8. The largest absolute Gasteiger partial charge is 0.419 e. The predicted octanol–water partition coefficient (Wildman–Crippen LogP) is -0.0494. The third kappa shape index (κ3) is 2.28. The summed E-state index contributed by atoms with van der Waals surface area (Å²) in [5.41, 5.74) is 1.08. The highest BCUT2D eigenvalue weighted by Gasteiger charge is 2.63. The van der Waals surface area contributed by atoms with Crippen LogP contribution >= 0.6 is 11.8 Å². The van der Waals surface area contributed by atoms with Gasteiger partial charge in [0.05, 0.1) is 0 Å². The van der Waals surface area contributed by atoms with E-state index in [-0.39, 0.29) is 5.17 Å². The van der Waals surface area contributed by atoms with E-state index in [4.69, 9.17) is 10.5 Å². The van der Waals surface area contributed by atoms with E-state index < -0.39 is 41.5 Å². The van der Waals surface area contributed by atoms with Gasteiger partial charge in [-0.3, -0.25) is 4.99 Å². The number of thioether (sulfide) groups is 1. The monoisotopic (exact) mass is 315 g/mol. The summed E-state index contributed by atoms with van der Waals surface area (Å²) in [6, 6.07) is -2.44. The minimum atomic E-state index is -5.05. The number of aliphatic hydroxyl groups excluding tert-OH is 1. The molecular formula is C9H12F3N3O4S. The molecule has 20 heavy (non-hydrogen) atoms. The summed E-state index contributed by atoms with van der Waals surface area (Å²) >= 11 is 0.818. The molecule has 2 aliphatic heterocycles. The molecule has 0 bridgehead atoms. The standard InChI is InChI=1S/C9H12F3N3O4S/c1-8(17,9(10,11)12)5-4(16)2(15-18)3-6(19-5)20-7(13)14-3/h2-6,16-17H,1H3,(H2,13,14)/t2-,3-,4+,5?,6-,8-/m1/s1. The minimum absolute atomic E-state index is 0.0214. The summed E-state index contributed by atoms with van der Waals surface area (Å²) < 4.78 is 43.6. The zero-order valence-electron chi connectivity index (χ0n) is 10.1. The topological polar surface area (TPSA) is 118 Å². The van der Waals surface area contributed by atoms with Crippen LogP contribution in [0.5, 0.6) is 0 Å². The first-order chi connectivity index (χ1) is 9.09. The Morgan fingerprint density at radius 2 is 2.10 bits per heavy atom. The third-order valence-electron chi connectivity index (χ3n) is 3.33.